The molecule has 14 heteroatoms. The lowest BCUT2D eigenvalue weighted by Crippen LogP contribution is -2.13. The van der Waals surface area contributed by atoms with Crippen molar-refractivity contribution in [3.05, 3.63) is 66.6 Å². The van der Waals surface area contributed by atoms with Gasteiger partial charge >= 0.3 is 6.18 Å². The van der Waals surface area contributed by atoms with Gasteiger partial charge in [0, 0.05) is 31.2 Å². The molecule has 0 aliphatic heterocycles. The summed E-state index contributed by atoms with van der Waals surface area (Å²) in [6, 6.07) is 7.21. The van der Waals surface area contributed by atoms with Gasteiger partial charge in [0.2, 0.25) is 0 Å². The van der Waals surface area contributed by atoms with Crippen LogP contribution in [0.1, 0.15) is 11.3 Å². The number of aryl methyl sites for hydroxylation is 1. The molecule has 9 nitrogen and oxygen atoms in total. The van der Waals surface area contributed by atoms with E-state index < -0.39 is 24.8 Å². The van der Waals surface area contributed by atoms with Crippen molar-refractivity contribution in [2.75, 3.05) is 11.9 Å². The first-order chi connectivity index (χ1) is 17.7. The van der Waals surface area contributed by atoms with Gasteiger partial charge in [-0.1, -0.05) is 0 Å². The summed E-state index contributed by atoms with van der Waals surface area (Å²) in [6.07, 6.45) is -0.0716. The van der Waals surface area contributed by atoms with Crippen LogP contribution in [0.15, 0.2) is 55.4 Å². The molecule has 0 radical (unpaired) electrons. The summed E-state index contributed by atoms with van der Waals surface area (Å²) < 4.78 is 72.3. The highest BCUT2D eigenvalue weighted by molar-refractivity contribution is 5.90. The maximum atomic E-state index is 14.2. The van der Waals surface area contributed by atoms with Gasteiger partial charge < -0.3 is 9.88 Å². The summed E-state index contributed by atoms with van der Waals surface area (Å²) in [7, 11) is 1.73. The van der Waals surface area contributed by atoms with Gasteiger partial charge in [-0.05, 0) is 24.3 Å². The Balaban J connectivity index is 1.71. The standard InChI is InChI=1S/C23H16F5N9/c1-35-10-14(8-33-35)16-11-36(12-32-16)18-4-5-30-22-20(18)21(23(26,27)28)34-37(22)17-3-2-13(7-29)6-15(17)31-9-19(24)25/h2-6,8,10-12,19,31H,9H2,1H3. The second-order valence-corrected chi connectivity index (χ2v) is 7.97. The van der Waals surface area contributed by atoms with Crippen LogP contribution in [-0.4, -0.2) is 47.1 Å². The van der Waals surface area contributed by atoms with Crippen molar-refractivity contribution < 1.29 is 22.0 Å². The van der Waals surface area contributed by atoms with E-state index in [1.165, 1.54) is 41.4 Å². The van der Waals surface area contributed by atoms with Gasteiger partial charge in [0.15, 0.2) is 11.3 Å². The smallest absolute Gasteiger partial charge is 0.378 e. The van der Waals surface area contributed by atoms with E-state index in [-0.39, 0.29) is 33.7 Å². The number of nitrogens with one attached hydrogen (secondary N) is 1. The van der Waals surface area contributed by atoms with E-state index in [0.717, 1.165) is 4.68 Å². The molecule has 5 aromatic rings. The fourth-order valence-electron chi connectivity index (χ4n) is 3.88. The first-order valence-electron chi connectivity index (χ1n) is 10.7. The Morgan fingerprint density at radius 1 is 1.11 bits per heavy atom. The highest BCUT2D eigenvalue weighted by Gasteiger charge is 2.39. The van der Waals surface area contributed by atoms with Crippen LogP contribution in [0.2, 0.25) is 0 Å². The minimum Gasteiger partial charge on any atom is -0.378 e. The fraction of sp³-hybridized carbons (Fsp3) is 0.174. The third kappa shape index (κ3) is 4.46. The van der Waals surface area contributed by atoms with Crippen LogP contribution < -0.4 is 5.32 Å². The number of aromatic nitrogens is 7. The van der Waals surface area contributed by atoms with Crippen LogP contribution in [-0.2, 0) is 13.2 Å². The Hall–Kier alpha value is -4.80. The van der Waals surface area contributed by atoms with Gasteiger partial charge in [-0.2, -0.15) is 28.6 Å². The molecule has 0 bridgehead atoms. The predicted octanol–water partition coefficient (Wildman–Crippen LogP) is 4.57. The lowest BCUT2D eigenvalue weighted by molar-refractivity contribution is -0.140. The maximum Gasteiger partial charge on any atom is 0.435 e. The zero-order valence-corrected chi connectivity index (χ0v) is 18.9. The molecule has 0 amide bonds. The van der Waals surface area contributed by atoms with E-state index in [4.69, 9.17) is 0 Å². The van der Waals surface area contributed by atoms with E-state index >= 15 is 0 Å². The monoisotopic (exact) mass is 513 g/mol. The molecule has 5 rings (SSSR count). The Bertz CT molecular complexity index is 1640. The molecule has 4 aromatic heterocycles. The topological polar surface area (TPSA) is 102 Å². The highest BCUT2D eigenvalue weighted by Crippen LogP contribution is 2.38. The Morgan fingerprint density at radius 3 is 2.59 bits per heavy atom. The Morgan fingerprint density at radius 2 is 1.92 bits per heavy atom. The number of anilines is 1. The largest absolute Gasteiger partial charge is 0.435 e. The fourth-order valence-corrected chi connectivity index (χ4v) is 3.88. The van der Waals surface area contributed by atoms with Crippen molar-refractivity contribution in [1.82, 2.24) is 34.1 Å². The molecule has 188 valence electrons. The van der Waals surface area contributed by atoms with E-state index in [1.807, 2.05) is 6.07 Å². The lowest BCUT2D eigenvalue weighted by atomic mass is 10.1. The molecule has 0 unspecified atom stereocenters. The predicted molar refractivity (Wildman–Crippen MR) is 122 cm³/mol. The molecule has 4 heterocycles. The molecule has 1 N–H and O–H groups in total. The van der Waals surface area contributed by atoms with E-state index in [9.17, 15) is 27.2 Å². The lowest BCUT2D eigenvalue weighted by Gasteiger charge is -2.13. The van der Waals surface area contributed by atoms with Crippen LogP contribution in [0, 0.1) is 11.3 Å². The summed E-state index contributed by atoms with van der Waals surface area (Å²) in [5.74, 6) is 0. The van der Waals surface area contributed by atoms with E-state index in [1.54, 1.807) is 30.3 Å². The zero-order valence-electron chi connectivity index (χ0n) is 18.9. The molecule has 0 fully saturated rings. The summed E-state index contributed by atoms with van der Waals surface area (Å²) in [4.78, 5) is 8.42. The number of nitriles is 1. The van der Waals surface area contributed by atoms with Crippen molar-refractivity contribution >= 4 is 16.7 Å². The normalized spacial score (nSPS) is 11.8. The number of halogens is 5. The highest BCUT2D eigenvalue weighted by atomic mass is 19.4. The summed E-state index contributed by atoms with van der Waals surface area (Å²) in [6.45, 7) is -0.780. The molecule has 37 heavy (non-hydrogen) atoms. The third-order valence-corrected chi connectivity index (χ3v) is 5.48. The van der Waals surface area contributed by atoms with Crippen molar-refractivity contribution in [2.45, 2.75) is 12.6 Å². The first kappa shape index (κ1) is 23.9. The molecule has 0 aliphatic carbocycles. The van der Waals surface area contributed by atoms with Crippen LogP contribution in [0.5, 0.6) is 0 Å². The molecule has 0 saturated heterocycles. The average Bonchev–Trinajstić information content (AvgIpc) is 3.60. The van der Waals surface area contributed by atoms with Crippen LogP contribution >= 0.6 is 0 Å². The third-order valence-electron chi connectivity index (χ3n) is 5.48. The molecular weight excluding hydrogens is 497 g/mol. The quantitative estimate of drug-likeness (QED) is 0.334. The number of benzene rings is 1. The van der Waals surface area contributed by atoms with Crippen LogP contribution in [0.4, 0.5) is 27.6 Å². The number of hydrogen-bond acceptors (Lipinski definition) is 6. The molecule has 0 aliphatic rings. The van der Waals surface area contributed by atoms with Crippen LogP contribution in [0.25, 0.3) is 33.7 Å². The van der Waals surface area contributed by atoms with Crippen molar-refractivity contribution in [2.24, 2.45) is 7.05 Å². The zero-order chi connectivity index (χ0) is 26.3. The van der Waals surface area contributed by atoms with Crippen molar-refractivity contribution in [3.8, 4) is 28.7 Å². The number of alkyl halides is 5. The number of imidazole rings is 1. The minimum atomic E-state index is -4.86. The maximum absolute atomic E-state index is 14.2. The minimum absolute atomic E-state index is 0.00572. The SMILES string of the molecule is Cn1cc(-c2cn(-c3ccnc4c3c(C(F)(F)F)nn4-c3ccc(C#N)cc3NCC(F)F)cn2)cn1. The Kier molecular flexibility index (Phi) is 5.82. The average molecular weight is 513 g/mol. The molecular formula is C23H16F5N9. The Labute approximate surface area is 205 Å². The second kappa shape index (κ2) is 9.01. The summed E-state index contributed by atoms with van der Waals surface area (Å²) in [5.41, 5.74) is 0.0514. The molecule has 0 atom stereocenters. The number of nitrogens with zero attached hydrogens (tertiary/aromatic N) is 8. The number of rotatable bonds is 6. The summed E-state index contributed by atoms with van der Waals surface area (Å²) in [5, 5.41) is 19.2. The first-order valence-corrected chi connectivity index (χ1v) is 10.7. The molecule has 0 spiro atoms. The molecule has 1 aromatic carbocycles. The van der Waals surface area contributed by atoms with Gasteiger partial charge in [-0.3, -0.25) is 4.68 Å². The van der Waals surface area contributed by atoms with Crippen LogP contribution in [0.3, 0.4) is 0 Å². The van der Waals surface area contributed by atoms with Gasteiger partial charge in [-0.25, -0.2) is 23.4 Å². The molecule has 0 saturated carbocycles. The van der Waals surface area contributed by atoms with E-state index in [2.05, 4.69) is 25.5 Å². The number of hydrogen-bond donors (Lipinski definition) is 1. The van der Waals surface area contributed by atoms with Crippen molar-refractivity contribution in [1.29, 1.82) is 5.26 Å². The van der Waals surface area contributed by atoms with Gasteiger partial charge in [0.05, 0.1) is 58.8 Å². The summed E-state index contributed by atoms with van der Waals surface area (Å²) >= 11 is 0. The van der Waals surface area contributed by atoms with Gasteiger partial charge in [0.1, 0.15) is 0 Å². The van der Waals surface area contributed by atoms with Crippen molar-refractivity contribution in [3.63, 3.8) is 0 Å². The second-order valence-electron chi connectivity index (χ2n) is 7.97. The van der Waals surface area contributed by atoms with Gasteiger partial charge in [-0.15, -0.1) is 0 Å². The van der Waals surface area contributed by atoms with Gasteiger partial charge in [0.25, 0.3) is 6.43 Å². The number of fused-ring (bicyclic) bond motifs is 1. The number of pyridine rings is 1. The van der Waals surface area contributed by atoms with E-state index in [0.29, 0.717) is 11.3 Å².